The van der Waals surface area contributed by atoms with Gasteiger partial charge in [0.05, 0.1) is 12.6 Å². The van der Waals surface area contributed by atoms with Gasteiger partial charge in [0.2, 0.25) is 0 Å². The summed E-state index contributed by atoms with van der Waals surface area (Å²) in [5.41, 5.74) is 3.64. The average Bonchev–Trinajstić information content (AvgIpc) is 2.53. The second-order valence-electron chi connectivity index (χ2n) is 3.01. The van der Waals surface area contributed by atoms with Gasteiger partial charge >= 0.3 is 0 Å². The number of hydrogen-bond donors (Lipinski definition) is 1. The Balaban J connectivity index is 2.28. The Kier molecular flexibility index (Phi) is 2.49. The Morgan fingerprint density at radius 2 is 2.31 bits per heavy atom. The Hall–Kier alpha value is -0.640. The second-order valence-corrected chi connectivity index (χ2v) is 3.45. The molecule has 1 N–H and O–H groups in total. The van der Waals surface area contributed by atoms with Crippen molar-refractivity contribution in [3.8, 4) is 0 Å². The molecule has 1 aliphatic heterocycles. The van der Waals surface area contributed by atoms with Crippen molar-refractivity contribution >= 4 is 11.6 Å². The normalized spacial score (nSPS) is 22.2. The predicted molar refractivity (Wildman–Crippen MR) is 47.9 cm³/mol. The summed E-state index contributed by atoms with van der Waals surface area (Å²) in [5.74, 6) is -0.309. The molecule has 1 aromatic rings. The summed E-state index contributed by atoms with van der Waals surface area (Å²) in [5, 5.41) is 0.420. The number of nitrogens with one attached hydrogen (secondary N) is 1. The van der Waals surface area contributed by atoms with E-state index in [2.05, 4.69) is 5.48 Å². The molecule has 1 atom stereocenters. The lowest BCUT2D eigenvalue weighted by molar-refractivity contribution is 0.0882. The summed E-state index contributed by atoms with van der Waals surface area (Å²) >= 11 is 5.72. The molecule has 0 aromatic heterocycles. The van der Waals surface area contributed by atoms with Crippen LogP contribution in [0.2, 0.25) is 5.02 Å². The monoisotopic (exact) mass is 201 g/mol. The Morgan fingerprint density at radius 3 is 2.92 bits per heavy atom. The van der Waals surface area contributed by atoms with E-state index in [0.717, 1.165) is 12.0 Å². The first kappa shape index (κ1) is 8.94. The van der Waals surface area contributed by atoms with E-state index in [1.54, 1.807) is 6.07 Å². The van der Waals surface area contributed by atoms with E-state index in [1.807, 2.05) is 0 Å². The highest BCUT2D eigenvalue weighted by Crippen LogP contribution is 2.24. The first-order valence-corrected chi connectivity index (χ1v) is 4.47. The topological polar surface area (TPSA) is 21.3 Å². The average molecular weight is 202 g/mol. The zero-order valence-corrected chi connectivity index (χ0v) is 7.64. The highest BCUT2D eigenvalue weighted by Gasteiger charge is 2.17. The van der Waals surface area contributed by atoms with E-state index in [9.17, 15) is 4.39 Å². The summed E-state index contributed by atoms with van der Waals surface area (Å²) in [4.78, 5) is 4.98. The maximum atomic E-state index is 12.9. The third-order valence-corrected chi connectivity index (χ3v) is 2.24. The lowest BCUT2D eigenvalue weighted by Crippen LogP contribution is -2.11. The third kappa shape index (κ3) is 1.99. The summed E-state index contributed by atoms with van der Waals surface area (Å²) in [6.45, 7) is 0.652. The van der Waals surface area contributed by atoms with Crippen molar-refractivity contribution in [3.63, 3.8) is 0 Å². The molecule has 0 aliphatic carbocycles. The van der Waals surface area contributed by atoms with Crippen molar-refractivity contribution in [3.05, 3.63) is 34.6 Å². The first-order valence-electron chi connectivity index (χ1n) is 4.09. The van der Waals surface area contributed by atoms with Gasteiger partial charge in [-0.05, 0) is 30.2 Å². The van der Waals surface area contributed by atoms with Gasteiger partial charge in [0.25, 0.3) is 0 Å². The zero-order valence-electron chi connectivity index (χ0n) is 6.89. The van der Waals surface area contributed by atoms with Crippen molar-refractivity contribution in [1.29, 1.82) is 0 Å². The van der Waals surface area contributed by atoms with Gasteiger partial charge < -0.3 is 4.84 Å². The summed E-state index contributed by atoms with van der Waals surface area (Å²) in [6.07, 6.45) is 0.847. The van der Waals surface area contributed by atoms with Gasteiger partial charge in [0, 0.05) is 5.02 Å². The van der Waals surface area contributed by atoms with Crippen LogP contribution in [0.15, 0.2) is 18.2 Å². The Morgan fingerprint density at radius 1 is 1.46 bits per heavy atom. The van der Waals surface area contributed by atoms with E-state index in [-0.39, 0.29) is 11.9 Å². The van der Waals surface area contributed by atoms with Crippen LogP contribution in [0.5, 0.6) is 0 Å². The largest absolute Gasteiger partial charge is 0.301 e. The molecular weight excluding hydrogens is 193 g/mol. The number of hydroxylamine groups is 1. The molecule has 0 unspecified atom stereocenters. The quantitative estimate of drug-likeness (QED) is 0.754. The molecule has 1 fully saturated rings. The third-order valence-electron chi connectivity index (χ3n) is 2.02. The molecule has 4 heteroatoms. The fourth-order valence-corrected chi connectivity index (χ4v) is 1.64. The standard InChI is InChI=1S/C9H9ClFNO/c10-7-3-6(4-8(11)5-7)9-1-2-13-12-9/h3-5,9,12H,1-2H2/t9-/m1/s1. The number of benzene rings is 1. The van der Waals surface area contributed by atoms with Gasteiger partial charge in [-0.1, -0.05) is 11.6 Å². The fourth-order valence-electron chi connectivity index (χ4n) is 1.41. The van der Waals surface area contributed by atoms with Crippen molar-refractivity contribution in [2.75, 3.05) is 6.61 Å². The highest BCUT2D eigenvalue weighted by atomic mass is 35.5. The molecule has 1 aliphatic rings. The SMILES string of the molecule is Fc1cc(Cl)cc([C@H]2CCON2)c1. The smallest absolute Gasteiger partial charge is 0.125 e. The Bertz CT molecular complexity index is 292. The van der Waals surface area contributed by atoms with Crippen molar-refractivity contribution < 1.29 is 9.23 Å². The van der Waals surface area contributed by atoms with Crippen LogP contribution in [0.4, 0.5) is 4.39 Å². The molecule has 0 saturated carbocycles. The second kappa shape index (κ2) is 3.62. The summed E-state index contributed by atoms with van der Waals surface area (Å²) in [6, 6.07) is 4.57. The minimum Gasteiger partial charge on any atom is -0.301 e. The molecule has 13 heavy (non-hydrogen) atoms. The van der Waals surface area contributed by atoms with Crippen LogP contribution in [-0.2, 0) is 4.84 Å². The summed E-state index contributed by atoms with van der Waals surface area (Å²) in [7, 11) is 0. The van der Waals surface area contributed by atoms with Gasteiger partial charge in [0.1, 0.15) is 5.82 Å². The van der Waals surface area contributed by atoms with Gasteiger partial charge in [-0.2, -0.15) is 5.48 Å². The minimum absolute atomic E-state index is 0.0631. The molecule has 1 heterocycles. The molecule has 2 rings (SSSR count). The lowest BCUT2D eigenvalue weighted by atomic mass is 10.1. The highest BCUT2D eigenvalue weighted by molar-refractivity contribution is 6.30. The van der Waals surface area contributed by atoms with Crippen molar-refractivity contribution in [2.24, 2.45) is 0 Å². The van der Waals surface area contributed by atoms with Gasteiger partial charge in [-0.3, -0.25) is 0 Å². The first-order chi connectivity index (χ1) is 6.25. The molecule has 0 amide bonds. The van der Waals surface area contributed by atoms with Crippen LogP contribution >= 0.6 is 11.6 Å². The van der Waals surface area contributed by atoms with Gasteiger partial charge in [0.15, 0.2) is 0 Å². The van der Waals surface area contributed by atoms with Gasteiger partial charge in [-0.25, -0.2) is 4.39 Å². The molecule has 2 nitrogen and oxygen atoms in total. The van der Waals surface area contributed by atoms with Crippen LogP contribution in [0.25, 0.3) is 0 Å². The van der Waals surface area contributed by atoms with Crippen LogP contribution in [0.1, 0.15) is 18.0 Å². The van der Waals surface area contributed by atoms with Crippen molar-refractivity contribution in [1.82, 2.24) is 5.48 Å². The number of halogens is 2. The molecule has 0 spiro atoms. The fraction of sp³-hybridized carbons (Fsp3) is 0.333. The molecule has 1 aromatic carbocycles. The lowest BCUT2D eigenvalue weighted by Gasteiger charge is -2.08. The van der Waals surface area contributed by atoms with Crippen molar-refractivity contribution in [2.45, 2.75) is 12.5 Å². The maximum absolute atomic E-state index is 12.9. The molecular formula is C9H9ClFNO. The van der Waals surface area contributed by atoms with Crippen LogP contribution < -0.4 is 5.48 Å². The van der Waals surface area contributed by atoms with Gasteiger partial charge in [-0.15, -0.1) is 0 Å². The van der Waals surface area contributed by atoms with E-state index < -0.39 is 0 Å². The molecule has 1 saturated heterocycles. The van der Waals surface area contributed by atoms with Crippen LogP contribution in [0.3, 0.4) is 0 Å². The molecule has 0 radical (unpaired) electrons. The predicted octanol–water partition coefficient (Wildman–Crippen LogP) is 2.45. The van der Waals surface area contributed by atoms with E-state index in [0.29, 0.717) is 11.6 Å². The number of rotatable bonds is 1. The van der Waals surface area contributed by atoms with Crippen LogP contribution in [0, 0.1) is 5.82 Å². The summed E-state index contributed by atoms with van der Waals surface area (Å²) < 4.78 is 12.9. The Labute approximate surface area is 80.6 Å². The minimum atomic E-state index is -0.309. The molecule has 70 valence electrons. The van der Waals surface area contributed by atoms with E-state index in [1.165, 1.54) is 12.1 Å². The van der Waals surface area contributed by atoms with Crippen LogP contribution in [-0.4, -0.2) is 6.61 Å². The molecule has 0 bridgehead atoms. The van der Waals surface area contributed by atoms with E-state index >= 15 is 0 Å². The van der Waals surface area contributed by atoms with E-state index in [4.69, 9.17) is 16.4 Å². The maximum Gasteiger partial charge on any atom is 0.125 e. The zero-order chi connectivity index (χ0) is 9.26. The number of hydrogen-bond acceptors (Lipinski definition) is 2.